The molecule has 0 heterocycles. The van der Waals surface area contributed by atoms with E-state index in [0.29, 0.717) is 0 Å². The van der Waals surface area contributed by atoms with Gasteiger partial charge in [-0.1, -0.05) is 31.0 Å². The molecule has 0 spiro atoms. The summed E-state index contributed by atoms with van der Waals surface area (Å²) in [6.07, 6.45) is 5.57. The average molecular weight is 231 g/mol. The molecule has 1 aromatic carbocycles. The molecule has 1 aromatic rings. The fourth-order valence-corrected chi connectivity index (χ4v) is 3.30. The highest BCUT2D eigenvalue weighted by atomic mass is 14.8. The molecule has 0 bridgehead atoms. The van der Waals surface area contributed by atoms with Gasteiger partial charge in [-0.2, -0.15) is 0 Å². The molecular formula is C16H25N. The summed E-state index contributed by atoms with van der Waals surface area (Å²) in [5.74, 6) is 1.60. The molecule has 94 valence electrons. The highest BCUT2D eigenvalue weighted by Crippen LogP contribution is 2.39. The van der Waals surface area contributed by atoms with E-state index < -0.39 is 0 Å². The second-order valence-corrected chi connectivity index (χ2v) is 5.50. The number of benzene rings is 1. The quantitative estimate of drug-likeness (QED) is 0.834. The van der Waals surface area contributed by atoms with Crippen molar-refractivity contribution in [1.29, 1.82) is 0 Å². The maximum atomic E-state index is 3.37. The first kappa shape index (κ1) is 12.6. The Balaban J connectivity index is 2.26. The summed E-state index contributed by atoms with van der Waals surface area (Å²) in [7, 11) is 2.08. The van der Waals surface area contributed by atoms with E-state index in [4.69, 9.17) is 0 Å². The highest BCUT2D eigenvalue weighted by Gasteiger charge is 2.26. The molecule has 1 aliphatic carbocycles. The van der Waals surface area contributed by atoms with Crippen LogP contribution in [0, 0.1) is 19.8 Å². The van der Waals surface area contributed by atoms with E-state index >= 15 is 0 Å². The fourth-order valence-electron chi connectivity index (χ4n) is 3.30. The van der Waals surface area contributed by atoms with Crippen LogP contribution in [0.5, 0.6) is 0 Å². The average Bonchev–Trinajstić information content (AvgIpc) is 2.34. The maximum Gasteiger partial charge on any atom is -0.00177 e. The number of aryl methyl sites for hydroxylation is 1. The van der Waals surface area contributed by atoms with Crippen molar-refractivity contribution in [3.8, 4) is 0 Å². The normalized spacial score (nSPS) is 24.9. The molecule has 0 saturated heterocycles. The molecule has 2 rings (SSSR count). The summed E-state index contributed by atoms with van der Waals surface area (Å²) in [5.41, 5.74) is 4.56. The van der Waals surface area contributed by atoms with Gasteiger partial charge in [0.1, 0.15) is 0 Å². The zero-order chi connectivity index (χ0) is 12.3. The lowest BCUT2D eigenvalue weighted by Gasteiger charge is -2.33. The van der Waals surface area contributed by atoms with E-state index in [9.17, 15) is 0 Å². The van der Waals surface area contributed by atoms with Crippen molar-refractivity contribution in [1.82, 2.24) is 5.32 Å². The van der Waals surface area contributed by atoms with Crippen molar-refractivity contribution in [3.05, 3.63) is 34.9 Å². The molecule has 0 aromatic heterocycles. The second-order valence-electron chi connectivity index (χ2n) is 5.50. The van der Waals surface area contributed by atoms with Crippen LogP contribution in [0.1, 0.15) is 48.3 Å². The molecule has 1 aliphatic rings. The summed E-state index contributed by atoms with van der Waals surface area (Å²) in [6, 6.07) is 6.80. The van der Waals surface area contributed by atoms with Crippen LogP contribution in [0.15, 0.2) is 18.2 Å². The van der Waals surface area contributed by atoms with E-state index in [1.807, 2.05) is 0 Å². The molecule has 17 heavy (non-hydrogen) atoms. The predicted molar refractivity (Wildman–Crippen MR) is 74.5 cm³/mol. The third-order valence-corrected chi connectivity index (χ3v) is 4.42. The van der Waals surface area contributed by atoms with Gasteiger partial charge in [-0.05, 0) is 68.8 Å². The Kier molecular flexibility index (Phi) is 4.22. The van der Waals surface area contributed by atoms with E-state index in [1.165, 1.54) is 36.8 Å². The zero-order valence-electron chi connectivity index (χ0n) is 11.4. The van der Waals surface area contributed by atoms with Crippen LogP contribution in [0.25, 0.3) is 0 Å². The van der Waals surface area contributed by atoms with Crippen LogP contribution in [0.2, 0.25) is 0 Å². The highest BCUT2D eigenvalue weighted by molar-refractivity contribution is 5.36. The molecule has 1 fully saturated rings. The second kappa shape index (κ2) is 5.68. The molecule has 2 unspecified atom stereocenters. The summed E-state index contributed by atoms with van der Waals surface area (Å²) in [5, 5.41) is 3.37. The van der Waals surface area contributed by atoms with Gasteiger partial charge >= 0.3 is 0 Å². The predicted octanol–water partition coefficient (Wildman–Crippen LogP) is 3.80. The van der Waals surface area contributed by atoms with Gasteiger partial charge in [0, 0.05) is 0 Å². The minimum Gasteiger partial charge on any atom is -0.319 e. The lowest BCUT2D eigenvalue weighted by Crippen LogP contribution is -2.28. The zero-order valence-corrected chi connectivity index (χ0v) is 11.4. The first-order valence-corrected chi connectivity index (χ1v) is 6.94. The minimum absolute atomic E-state index is 0.774. The van der Waals surface area contributed by atoms with Gasteiger partial charge in [0.15, 0.2) is 0 Å². The molecule has 0 radical (unpaired) electrons. The molecule has 1 saturated carbocycles. The number of hydrogen-bond donors (Lipinski definition) is 1. The minimum atomic E-state index is 0.774. The molecule has 2 atom stereocenters. The Hall–Kier alpha value is -0.820. The topological polar surface area (TPSA) is 12.0 Å². The Bertz CT molecular complexity index is 368. The lowest BCUT2D eigenvalue weighted by atomic mass is 9.74. The van der Waals surface area contributed by atoms with Gasteiger partial charge < -0.3 is 5.32 Å². The van der Waals surface area contributed by atoms with Gasteiger partial charge in [0.2, 0.25) is 0 Å². The molecule has 0 aliphatic heterocycles. The lowest BCUT2D eigenvalue weighted by molar-refractivity contribution is 0.300. The number of nitrogens with one attached hydrogen (secondary N) is 1. The molecule has 0 amide bonds. The first-order chi connectivity index (χ1) is 8.24. The van der Waals surface area contributed by atoms with E-state index in [0.717, 1.165) is 18.4 Å². The van der Waals surface area contributed by atoms with Crippen molar-refractivity contribution in [3.63, 3.8) is 0 Å². The Morgan fingerprint density at radius 3 is 2.71 bits per heavy atom. The summed E-state index contributed by atoms with van der Waals surface area (Å²) < 4.78 is 0. The van der Waals surface area contributed by atoms with Crippen molar-refractivity contribution in [2.45, 2.75) is 45.4 Å². The summed E-state index contributed by atoms with van der Waals surface area (Å²) in [4.78, 5) is 0. The van der Waals surface area contributed by atoms with Gasteiger partial charge in [-0.25, -0.2) is 0 Å². The smallest absolute Gasteiger partial charge is 0.00177 e. The fraction of sp³-hybridized carbons (Fsp3) is 0.625. The maximum absolute atomic E-state index is 3.37. The van der Waals surface area contributed by atoms with Crippen molar-refractivity contribution >= 4 is 0 Å². The Morgan fingerprint density at radius 1 is 1.18 bits per heavy atom. The van der Waals surface area contributed by atoms with Crippen LogP contribution in [-0.2, 0) is 0 Å². The Morgan fingerprint density at radius 2 is 1.94 bits per heavy atom. The van der Waals surface area contributed by atoms with Crippen LogP contribution in [0.4, 0.5) is 0 Å². The third kappa shape index (κ3) is 2.71. The number of hydrogen-bond acceptors (Lipinski definition) is 1. The van der Waals surface area contributed by atoms with Gasteiger partial charge in [0.25, 0.3) is 0 Å². The van der Waals surface area contributed by atoms with Crippen molar-refractivity contribution in [2.75, 3.05) is 13.6 Å². The van der Waals surface area contributed by atoms with Gasteiger partial charge in [-0.15, -0.1) is 0 Å². The molecule has 1 heteroatoms. The van der Waals surface area contributed by atoms with E-state index in [1.54, 1.807) is 5.56 Å². The van der Waals surface area contributed by atoms with Gasteiger partial charge in [0.05, 0.1) is 0 Å². The van der Waals surface area contributed by atoms with Gasteiger partial charge in [-0.3, -0.25) is 0 Å². The van der Waals surface area contributed by atoms with E-state index in [-0.39, 0.29) is 0 Å². The van der Waals surface area contributed by atoms with Crippen molar-refractivity contribution in [2.24, 2.45) is 5.92 Å². The first-order valence-electron chi connectivity index (χ1n) is 6.94. The van der Waals surface area contributed by atoms with Crippen LogP contribution in [0.3, 0.4) is 0 Å². The summed E-state index contributed by atoms with van der Waals surface area (Å²) in [6.45, 7) is 5.68. The summed E-state index contributed by atoms with van der Waals surface area (Å²) >= 11 is 0. The monoisotopic (exact) mass is 231 g/mol. The van der Waals surface area contributed by atoms with E-state index in [2.05, 4.69) is 44.4 Å². The third-order valence-electron chi connectivity index (χ3n) is 4.42. The SMILES string of the molecule is CNCC1CCCCC1c1cccc(C)c1C. The largest absolute Gasteiger partial charge is 0.319 e. The van der Waals surface area contributed by atoms with Crippen molar-refractivity contribution < 1.29 is 0 Å². The number of rotatable bonds is 3. The molecular weight excluding hydrogens is 206 g/mol. The van der Waals surface area contributed by atoms with Crippen LogP contribution in [-0.4, -0.2) is 13.6 Å². The Labute approximate surface area is 106 Å². The molecule has 1 N–H and O–H groups in total. The molecule has 1 nitrogen and oxygen atoms in total. The van der Waals surface area contributed by atoms with Crippen LogP contribution >= 0.6 is 0 Å². The standard InChI is InChI=1S/C16H25N/c1-12-7-6-10-15(13(12)2)16-9-5-4-8-14(16)11-17-3/h6-7,10,14,16-17H,4-5,8-9,11H2,1-3H3. The van der Waals surface area contributed by atoms with Crippen LogP contribution < -0.4 is 5.32 Å².